The lowest BCUT2D eigenvalue weighted by Crippen LogP contribution is -2.33. The first-order valence-electron chi connectivity index (χ1n) is 8.08. The molecule has 1 aliphatic heterocycles. The summed E-state index contributed by atoms with van der Waals surface area (Å²) in [5.74, 6) is 1.95. The molecule has 0 saturated carbocycles. The third kappa shape index (κ3) is 2.33. The maximum absolute atomic E-state index is 13.1. The van der Waals surface area contributed by atoms with Gasteiger partial charge in [0.1, 0.15) is 5.82 Å². The van der Waals surface area contributed by atoms with Crippen LogP contribution >= 0.6 is 0 Å². The molecule has 1 aromatic carbocycles. The highest BCUT2D eigenvalue weighted by molar-refractivity contribution is 6.12. The van der Waals surface area contributed by atoms with Gasteiger partial charge in [0.2, 0.25) is 5.91 Å². The van der Waals surface area contributed by atoms with Crippen LogP contribution in [0.1, 0.15) is 31.1 Å². The van der Waals surface area contributed by atoms with Crippen LogP contribution in [0.2, 0.25) is 0 Å². The number of oxazole rings is 1. The molecule has 3 aromatic rings. The summed E-state index contributed by atoms with van der Waals surface area (Å²) in [6.07, 6.45) is 5.05. The van der Waals surface area contributed by atoms with Gasteiger partial charge in [0.15, 0.2) is 11.7 Å². The molecule has 126 valence electrons. The molecular formula is C19H18N4O2. The number of carbonyl (C=O) groups excluding carboxylic acids is 1. The Hall–Kier alpha value is -3.02. The van der Waals surface area contributed by atoms with Crippen molar-refractivity contribution in [3.8, 4) is 11.3 Å². The highest BCUT2D eigenvalue weighted by Crippen LogP contribution is 2.46. The molecule has 6 nitrogen and oxygen atoms in total. The number of aryl methyl sites for hydroxylation is 2. The summed E-state index contributed by atoms with van der Waals surface area (Å²) in [5.41, 5.74) is 2.72. The smallest absolute Gasteiger partial charge is 0.241 e. The fourth-order valence-corrected chi connectivity index (χ4v) is 3.15. The van der Waals surface area contributed by atoms with E-state index in [2.05, 4.69) is 15.0 Å². The second-order valence-electron chi connectivity index (χ2n) is 6.73. The molecule has 25 heavy (non-hydrogen) atoms. The lowest BCUT2D eigenvalue weighted by atomic mass is 9.86. The van der Waals surface area contributed by atoms with Crippen molar-refractivity contribution in [2.75, 3.05) is 4.90 Å². The molecule has 0 unspecified atom stereocenters. The Kier molecular flexibility index (Phi) is 3.25. The van der Waals surface area contributed by atoms with Gasteiger partial charge in [-0.1, -0.05) is 12.1 Å². The molecule has 0 radical (unpaired) electrons. The SMILES string of the molecule is Cc1ncc(N2C(=O)C(C)(C)c3ccc(-c4cnc(C)o4)cc32)cn1. The molecule has 0 spiro atoms. The monoisotopic (exact) mass is 334 g/mol. The minimum atomic E-state index is -0.615. The van der Waals surface area contributed by atoms with Crippen LogP contribution in [0.4, 0.5) is 11.4 Å². The first-order valence-corrected chi connectivity index (χ1v) is 8.08. The first kappa shape index (κ1) is 15.5. The van der Waals surface area contributed by atoms with E-state index in [1.54, 1.807) is 30.4 Å². The van der Waals surface area contributed by atoms with Crippen LogP contribution < -0.4 is 4.90 Å². The molecule has 6 heteroatoms. The summed E-state index contributed by atoms with van der Waals surface area (Å²) >= 11 is 0. The quantitative estimate of drug-likeness (QED) is 0.714. The van der Waals surface area contributed by atoms with Crippen molar-refractivity contribution in [1.82, 2.24) is 15.0 Å². The van der Waals surface area contributed by atoms with Crippen molar-refractivity contribution in [2.45, 2.75) is 33.1 Å². The molecule has 0 aliphatic carbocycles. The van der Waals surface area contributed by atoms with Gasteiger partial charge in [-0.3, -0.25) is 9.69 Å². The van der Waals surface area contributed by atoms with Crippen molar-refractivity contribution < 1.29 is 9.21 Å². The van der Waals surface area contributed by atoms with Crippen molar-refractivity contribution in [3.05, 3.63) is 54.1 Å². The van der Waals surface area contributed by atoms with E-state index in [0.717, 1.165) is 16.8 Å². The van der Waals surface area contributed by atoms with E-state index in [4.69, 9.17) is 4.42 Å². The first-order chi connectivity index (χ1) is 11.9. The summed E-state index contributed by atoms with van der Waals surface area (Å²) in [7, 11) is 0. The number of benzene rings is 1. The van der Waals surface area contributed by atoms with E-state index < -0.39 is 5.41 Å². The average Bonchev–Trinajstić information content (AvgIpc) is 3.10. The highest BCUT2D eigenvalue weighted by atomic mass is 16.4. The van der Waals surface area contributed by atoms with Gasteiger partial charge >= 0.3 is 0 Å². The molecule has 2 aromatic heterocycles. The summed E-state index contributed by atoms with van der Waals surface area (Å²) < 4.78 is 5.63. The highest BCUT2D eigenvalue weighted by Gasteiger charge is 2.44. The number of amides is 1. The fourth-order valence-electron chi connectivity index (χ4n) is 3.15. The fraction of sp³-hybridized carbons (Fsp3) is 0.263. The van der Waals surface area contributed by atoms with Gasteiger partial charge in [0, 0.05) is 12.5 Å². The number of nitrogens with zero attached hydrogens (tertiary/aromatic N) is 4. The van der Waals surface area contributed by atoms with Gasteiger partial charge in [-0.2, -0.15) is 0 Å². The van der Waals surface area contributed by atoms with E-state index in [9.17, 15) is 4.79 Å². The second-order valence-corrected chi connectivity index (χ2v) is 6.73. The van der Waals surface area contributed by atoms with Crippen LogP contribution in [-0.2, 0) is 10.2 Å². The zero-order valence-electron chi connectivity index (χ0n) is 14.6. The van der Waals surface area contributed by atoms with Crippen LogP contribution in [0.25, 0.3) is 11.3 Å². The van der Waals surface area contributed by atoms with Gasteiger partial charge in [-0.25, -0.2) is 15.0 Å². The van der Waals surface area contributed by atoms with Crippen LogP contribution in [0.15, 0.2) is 41.2 Å². The zero-order valence-corrected chi connectivity index (χ0v) is 14.6. The van der Waals surface area contributed by atoms with Gasteiger partial charge in [-0.15, -0.1) is 0 Å². The molecular weight excluding hydrogens is 316 g/mol. The zero-order chi connectivity index (χ0) is 17.8. The molecule has 3 heterocycles. The minimum absolute atomic E-state index is 0.000790. The number of aromatic nitrogens is 3. The maximum Gasteiger partial charge on any atom is 0.241 e. The topological polar surface area (TPSA) is 72.1 Å². The molecule has 4 rings (SSSR count). The summed E-state index contributed by atoms with van der Waals surface area (Å²) in [5, 5.41) is 0. The second kappa shape index (κ2) is 5.24. The normalized spacial score (nSPS) is 15.5. The Morgan fingerprint density at radius 3 is 2.40 bits per heavy atom. The maximum atomic E-state index is 13.1. The summed E-state index contributed by atoms with van der Waals surface area (Å²) in [6, 6.07) is 5.90. The van der Waals surface area contributed by atoms with Crippen molar-refractivity contribution >= 4 is 17.3 Å². The predicted molar refractivity (Wildman–Crippen MR) is 93.6 cm³/mol. The van der Waals surface area contributed by atoms with Crippen molar-refractivity contribution in [3.63, 3.8) is 0 Å². The van der Waals surface area contributed by atoms with Crippen LogP contribution in [0.5, 0.6) is 0 Å². The molecule has 0 bridgehead atoms. The Bertz CT molecular complexity index is 973. The molecule has 1 amide bonds. The molecule has 0 saturated heterocycles. The number of carbonyl (C=O) groups is 1. The van der Waals surface area contributed by atoms with Gasteiger partial charge < -0.3 is 4.42 Å². The third-order valence-electron chi connectivity index (χ3n) is 4.58. The Balaban J connectivity index is 1.89. The Morgan fingerprint density at radius 2 is 1.76 bits per heavy atom. The summed E-state index contributed by atoms with van der Waals surface area (Å²) in [4.78, 5) is 27.3. The van der Waals surface area contributed by atoms with E-state index in [-0.39, 0.29) is 5.91 Å². The number of anilines is 2. The van der Waals surface area contributed by atoms with Crippen LogP contribution in [-0.4, -0.2) is 20.9 Å². The molecule has 0 atom stereocenters. The van der Waals surface area contributed by atoms with Crippen LogP contribution in [0, 0.1) is 13.8 Å². The minimum Gasteiger partial charge on any atom is -0.441 e. The third-order valence-corrected chi connectivity index (χ3v) is 4.58. The molecule has 0 N–H and O–H groups in total. The Labute approximate surface area is 145 Å². The van der Waals surface area contributed by atoms with E-state index in [1.165, 1.54) is 0 Å². The van der Waals surface area contributed by atoms with Crippen molar-refractivity contribution in [1.29, 1.82) is 0 Å². The number of rotatable bonds is 2. The lowest BCUT2D eigenvalue weighted by Gasteiger charge is -2.19. The van der Waals surface area contributed by atoms with Crippen LogP contribution in [0.3, 0.4) is 0 Å². The van der Waals surface area contributed by atoms with Gasteiger partial charge in [0.25, 0.3) is 0 Å². The standard InChI is InChI=1S/C19H18N4O2/c1-11-20-8-14(9-21-11)23-16-7-13(17-10-22-12(2)25-17)5-6-15(16)19(3,4)18(23)24/h5-10H,1-4H3. The van der Waals surface area contributed by atoms with Gasteiger partial charge in [-0.05, 0) is 32.4 Å². The molecule has 0 fully saturated rings. The number of hydrogen-bond donors (Lipinski definition) is 0. The lowest BCUT2D eigenvalue weighted by molar-refractivity contribution is -0.121. The number of hydrogen-bond acceptors (Lipinski definition) is 5. The van der Waals surface area contributed by atoms with E-state index in [0.29, 0.717) is 23.2 Å². The van der Waals surface area contributed by atoms with E-state index >= 15 is 0 Å². The average molecular weight is 334 g/mol. The molecule has 1 aliphatic rings. The number of fused-ring (bicyclic) bond motifs is 1. The summed E-state index contributed by atoms with van der Waals surface area (Å²) in [6.45, 7) is 7.49. The largest absolute Gasteiger partial charge is 0.441 e. The van der Waals surface area contributed by atoms with Crippen molar-refractivity contribution in [2.24, 2.45) is 0 Å². The van der Waals surface area contributed by atoms with Gasteiger partial charge in [0.05, 0.1) is 35.4 Å². The van der Waals surface area contributed by atoms with E-state index in [1.807, 2.05) is 39.0 Å². The predicted octanol–water partition coefficient (Wildman–Crippen LogP) is 3.70. The Morgan fingerprint density at radius 1 is 1.04 bits per heavy atom.